The molecule has 232 valence electrons. The third-order valence-electron chi connectivity index (χ3n) is 8.59. The standard InChI is InChI=1S/C35H35N2.F6P/c1-34(2)31(37(5)30-23-22-26-16-9-10-17-27(26)33(30)34)20-13-21-32-35(3,24-25-14-7-6-8-15-25)28-18-11-12-19-29(28)36(32)4;1-7(2,3,4,5)6/h6-23H,24H2,1-5H3;/q+1;-1. The number of rotatable bonds is 4. The minimum absolute atomic E-state index is 0.0855. The summed E-state index contributed by atoms with van der Waals surface area (Å²) in [6.07, 6.45) is 7.89. The first kappa shape index (κ1) is 31.5. The average Bonchev–Trinajstić information content (AvgIpc) is 3.26. The molecule has 44 heavy (non-hydrogen) atoms. The van der Waals surface area contributed by atoms with Crippen LogP contribution in [0.3, 0.4) is 0 Å². The Kier molecular flexibility index (Phi) is 7.21. The molecule has 0 saturated carbocycles. The maximum atomic E-state index is 9.87. The quantitative estimate of drug-likeness (QED) is 0.124. The van der Waals surface area contributed by atoms with Crippen molar-refractivity contribution < 1.29 is 29.8 Å². The predicted octanol–water partition coefficient (Wildman–Crippen LogP) is 11.3. The first-order chi connectivity index (χ1) is 20.3. The minimum atomic E-state index is -10.7. The van der Waals surface area contributed by atoms with E-state index in [9.17, 15) is 25.2 Å². The molecule has 0 bridgehead atoms. The van der Waals surface area contributed by atoms with Gasteiger partial charge in [-0.3, -0.25) is 0 Å². The number of para-hydroxylation sites is 1. The Hall–Kier alpha value is -3.90. The van der Waals surface area contributed by atoms with Crippen LogP contribution in [0, 0.1) is 0 Å². The Bertz CT molecular complexity index is 1830. The first-order valence-corrected chi connectivity index (χ1v) is 16.3. The molecule has 0 N–H and O–H groups in total. The number of allylic oxidation sites excluding steroid dienone is 4. The Morgan fingerprint density at radius 2 is 1.36 bits per heavy atom. The van der Waals surface area contributed by atoms with Crippen LogP contribution in [0.5, 0.6) is 0 Å². The summed E-state index contributed by atoms with van der Waals surface area (Å²) in [6.45, 7) is 7.10. The number of hydrogen-bond acceptors (Lipinski definition) is 1. The molecule has 2 aliphatic heterocycles. The molecule has 9 heteroatoms. The zero-order valence-electron chi connectivity index (χ0n) is 25.2. The molecule has 0 amide bonds. The fourth-order valence-electron chi connectivity index (χ4n) is 6.78. The Morgan fingerprint density at radius 3 is 2.05 bits per heavy atom. The fraction of sp³-hybridized carbons (Fsp3) is 0.229. The molecule has 2 nitrogen and oxygen atoms in total. The van der Waals surface area contributed by atoms with E-state index in [1.807, 2.05) is 0 Å². The SMILES string of the molecule is CN1C(=CC=CC2=[N+](C)c3ccc4ccccc4c3C2(C)C)C(C)(Cc2ccccc2)c2ccccc21.F[P-](F)(F)(F)(F)F. The van der Waals surface area contributed by atoms with Gasteiger partial charge in [0.25, 0.3) is 0 Å². The molecule has 0 radical (unpaired) electrons. The van der Waals surface area contributed by atoms with Crippen molar-refractivity contribution in [1.82, 2.24) is 0 Å². The summed E-state index contributed by atoms with van der Waals surface area (Å²) < 4.78 is 61.6. The zero-order valence-corrected chi connectivity index (χ0v) is 26.1. The maximum absolute atomic E-state index is 10.7. The summed E-state index contributed by atoms with van der Waals surface area (Å²) in [5, 5.41) is 2.65. The van der Waals surface area contributed by atoms with Gasteiger partial charge < -0.3 is 4.90 Å². The van der Waals surface area contributed by atoms with Gasteiger partial charge >= 0.3 is 33.0 Å². The molecule has 4 aromatic rings. The van der Waals surface area contributed by atoms with E-state index in [1.54, 1.807) is 0 Å². The molecule has 0 aliphatic carbocycles. The van der Waals surface area contributed by atoms with E-state index in [2.05, 4.69) is 154 Å². The van der Waals surface area contributed by atoms with E-state index >= 15 is 0 Å². The summed E-state index contributed by atoms with van der Waals surface area (Å²) >= 11 is 0. The summed E-state index contributed by atoms with van der Waals surface area (Å²) in [5.74, 6) is 0. The van der Waals surface area contributed by atoms with Gasteiger partial charge in [-0.05, 0) is 67.3 Å². The molecule has 2 heterocycles. The molecule has 0 fully saturated rings. The molecule has 0 spiro atoms. The van der Waals surface area contributed by atoms with Gasteiger partial charge in [0.1, 0.15) is 7.05 Å². The number of nitrogens with zero attached hydrogens (tertiary/aromatic N) is 2. The molecular formula is C35H35F6N2P. The number of fused-ring (bicyclic) bond motifs is 4. The van der Waals surface area contributed by atoms with Crippen LogP contribution in [0.4, 0.5) is 36.6 Å². The van der Waals surface area contributed by atoms with Crippen LogP contribution in [-0.2, 0) is 17.3 Å². The average molecular weight is 629 g/mol. The zero-order chi connectivity index (χ0) is 32.2. The van der Waals surface area contributed by atoms with Gasteiger partial charge in [-0.25, -0.2) is 0 Å². The number of halogens is 6. The van der Waals surface area contributed by atoms with Gasteiger partial charge in [0, 0.05) is 41.6 Å². The van der Waals surface area contributed by atoms with Gasteiger partial charge in [-0.15, -0.1) is 0 Å². The summed E-state index contributed by atoms with van der Waals surface area (Å²) in [6, 6.07) is 33.0. The number of hydrogen-bond donors (Lipinski definition) is 0. The van der Waals surface area contributed by atoms with E-state index in [4.69, 9.17) is 0 Å². The van der Waals surface area contributed by atoms with Crippen molar-refractivity contribution >= 4 is 35.7 Å². The van der Waals surface area contributed by atoms with E-state index < -0.39 is 7.81 Å². The van der Waals surface area contributed by atoms with Gasteiger partial charge in [0.05, 0.1) is 5.41 Å². The summed E-state index contributed by atoms with van der Waals surface area (Å²) in [5.41, 5.74) is 9.23. The second-order valence-corrected chi connectivity index (χ2v) is 14.1. The molecule has 0 saturated heterocycles. The van der Waals surface area contributed by atoms with Gasteiger partial charge in [0.15, 0.2) is 5.71 Å². The van der Waals surface area contributed by atoms with Crippen molar-refractivity contribution in [2.45, 2.75) is 38.0 Å². The van der Waals surface area contributed by atoms with Crippen LogP contribution in [-0.4, -0.2) is 24.4 Å². The van der Waals surface area contributed by atoms with Gasteiger partial charge in [0.2, 0.25) is 5.69 Å². The van der Waals surface area contributed by atoms with Crippen LogP contribution < -0.4 is 4.90 Å². The van der Waals surface area contributed by atoms with Crippen molar-refractivity contribution in [3.63, 3.8) is 0 Å². The fourth-order valence-corrected chi connectivity index (χ4v) is 6.78. The van der Waals surface area contributed by atoms with Gasteiger partial charge in [-0.2, -0.15) is 4.58 Å². The van der Waals surface area contributed by atoms with E-state index in [0.717, 1.165) is 6.42 Å². The second kappa shape index (κ2) is 10.1. The predicted molar refractivity (Wildman–Crippen MR) is 171 cm³/mol. The van der Waals surface area contributed by atoms with Crippen molar-refractivity contribution in [1.29, 1.82) is 0 Å². The molecule has 4 aromatic carbocycles. The second-order valence-electron chi connectivity index (χ2n) is 12.2. The van der Waals surface area contributed by atoms with Crippen molar-refractivity contribution in [2.24, 2.45) is 0 Å². The van der Waals surface area contributed by atoms with E-state index in [0.29, 0.717) is 0 Å². The van der Waals surface area contributed by atoms with Gasteiger partial charge in [-0.1, -0.05) is 78.9 Å². The van der Waals surface area contributed by atoms with Crippen molar-refractivity contribution in [3.8, 4) is 0 Å². The first-order valence-electron chi connectivity index (χ1n) is 14.2. The number of benzene rings is 4. The summed E-state index contributed by atoms with van der Waals surface area (Å²) in [7, 11) is -6.25. The normalized spacial score (nSPS) is 21.6. The van der Waals surface area contributed by atoms with Crippen LogP contribution in [0.25, 0.3) is 10.8 Å². The van der Waals surface area contributed by atoms with Crippen LogP contribution in [0.1, 0.15) is 37.5 Å². The topological polar surface area (TPSA) is 6.25 Å². The van der Waals surface area contributed by atoms with Crippen LogP contribution >= 0.6 is 7.81 Å². The third-order valence-corrected chi connectivity index (χ3v) is 8.59. The number of anilines is 1. The Morgan fingerprint density at radius 1 is 0.773 bits per heavy atom. The molecule has 2 aliphatic rings. The molecule has 0 aromatic heterocycles. The van der Waals surface area contributed by atoms with E-state index in [1.165, 1.54) is 50.2 Å². The molecule has 1 atom stereocenters. The van der Waals surface area contributed by atoms with Crippen LogP contribution in [0.15, 0.2) is 115 Å². The Balaban J connectivity index is 0.000000493. The van der Waals surface area contributed by atoms with E-state index in [-0.39, 0.29) is 10.8 Å². The van der Waals surface area contributed by atoms with Crippen molar-refractivity contribution in [2.75, 3.05) is 19.0 Å². The summed E-state index contributed by atoms with van der Waals surface area (Å²) in [4.78, 5) is 2.37. The van der Waals surface area contributed by atoms with Crippen molar-refractivity contribution in [3.05, 3.63) is 132 Å². The molecule has 1 unspecified atom stereocenters. The third kappa shape index (κ3) is 6.46. The van der Waals surface area contributed by atoms with Crippen LogP contribution in [0.2, 0.25) is 0 Å². The monoisotopic (exact) mass is 628 g/mol. The molecular weight excluding hydrogens is 593 g/mol. The number of likely N-dealkylation sites (N-methyl/N-ethyl adjacent to an activating group) is 1. The Labute approximate surface area is 253 Å². The molecule has 6 rings (SSSR count).